The van der Waals surface area contributed by atoms with E-state index in [1.165, 1.54) is 0 Å². The molecule has 0 unspecified atom stereocenters. The van der Waals surface area contributed by atoms with Gasteiger partial charge in [0.05, 0.1) is 38.6 Å². The second kappa shape index (κ2) is 10.0. The molecule has 0 saturated heterocycles. The maximum atomic E-state index is 11.1. The first-order valence-electron chi connectivity index (χ1n) is 5.64. The van der Waals surface area contributed by atoms with Gasteiger partial charge >= 0.3 is 7.32 Å². The van der Waals surface area contributed by atoms with Crippen molar-refractivity contribution >= 4 is 7.32 Å². The molecule has 0 heterocycles. The highest BCUT2D eigenvalue weighted by molar-refractivity contribution is 6.34. The highest BCUT2D eigenvalue weighted by Crippen LogP contribution is 1.92. The summed E-state index contributed by atoms with van der Waals surface area (Å²) in [7, 11) is -1.45. The van der Waals surface area contributed by atoms with Crippen LogP contribution in [0.3, 0.4) is 0 Å². The van der Waals surface area contributed by atoms with Crippen LogP contribution >= 0.6 is 0 Å². The normalized spacial score (nSPS) is 11.4. The zero-order valence-corrected chi connectivity index (χ0v) is 10.6. The molecule has 0 saturated carbocycles. The average molecular weight is 233 g/mol. The van der Waals surface area contributed by atoms with Crippen molar-refractivity contribution in [1.29, 1.82) is 0 Å². The van der Waals surface area contributed by atoms with Crippen molar-refractivity contribution in [2.24, 2.45) is 0 Å². The van der Waals surface area contributed by atoms with Crippen LogP contribution in [0.5, 0.6) is 0 Å². The van der Waals surface area contributed by atoms with Gasteiger partial charge in [-0.15, -0.1) is 0 Å². The van der Waals surface area contributed by atoms with E-state index in [1.54, 1.807) is 0 Å². The van der Waals surface area contributed by atoms with Gasteiger partial charge in [-0.1, -0.05) is 0 Å². The van der Waals surface area contributed by atoms with Gasteiger partial charge in [0.2, 0.25) is 0 Å². The van der Waals surface area contributed by atoms with Crippen LogP contribution in [0, 0.1) is 0 Å². The molecule has 95 valence electrons. The van der Waals surface area contributed by atoms with Gasteiger partial charge in [-0.2, -0.15) is 0 Å². The predicted octanol–water partition coefficient (Wildman–Crippen LogP) is 1.28. The van der Waals surface area contributed by atoms with Crippen LogP contribution in [0.25, 0.3) is 0 Å². The molecule has 0 atom stereocenters. The lowest BCUT2D eigenvalue weighted by Gasteiger charge is -2.10. The second-order valence-corrected chi connectivity index (χ2v) is 3.87. The summed E-state index contributed by atoms with van der Waals surface area (Å²) in [5.74, 6) is 0. The van der Waals surface area contributed by atoms with Gasteiger partial charge in [-0.3, -0.25) is 0 Å². The van der Waals surface area contributed by atoms with E-state index in [-0.39, 0.29) is 25.4 Å². The molecule has 0 N–H and O–H groups in total. The van der Waals surface area contributed by atoms with Gasteiger partial charge in [0, 0.05) is 0 Å². The largest absolute Gasteiger partial charge is 0.667 e. The Morgan fingerprint density at radius 1 is 0.812 bits per heavy atom. The predicted molar refractivity (Wildman–Crippen MR) is 60.5 cm³/mol. The Morgan fingerprint density at radius 3 is 1.50 bits per heavy atom. The van der Waals surface area contributed by atoms with Crippen molar-refractivity contribution in [3.63, 3.8) is 0 Å². The Balaban J connectivity index is 3.21. The Kier molecular flexibility index (Phi) is 9.96. The van der Waals surface area contributed by atoms with Gasteiger partial charge in [0.25, 0.3) is 0 Å². The first kappa shape index (κ1) is 15.9. The highest BCUT2D eigenvalue weighted by Gasteiger charge is 2.17. The minimum absolute atomic E-state index is 0.147. The first-order chi connectivity index (χ1) is 7.52. The van der Waals surface area contributed by atoms with Crippen LogP contribution in [0.4, 0.5) is 0 Å². The molecular weight excluding hydrogens is 211 g/mol. The molecular formula is C10H22BO5. The number of hydrogen-bond donors (Lipinski definition) is 0. The second-order valence-electron chi connectivity index (χ2n) is 3.87. The lowest BCUT2D eigenvalue weighted by molar-refractivity contribution is 0.0131. The SMILES string of the molecule is CC(C)OCCOB([O])OCCOC(C)C. The van der Waals surface area contributed by atoms with Gasteiger partial charge in [0.1, 0.15) is 0 Å². The molecule has 5 nitrogen and oxygen atoms in total. The molecule has 0 spiro atoms. The summed E-state index contributed by atoms with van der Waals surface area (Å²) in [5, 5.41) is 11.1. The third-order valence-corrected chi connectivity index (χ3v) is 1.58. The highest BCUT2D eigenvalue weighted by atomic mass is 16.7. The number of rotatable bonds is 10. The molecule has 0 bridgehead atoms. The summed E-state index contributed by atoms with van der Waals surface area (Å²) in [6.45, 7) is 9.00. The quantitative estimate of drug-likeness (QED) is 0.421. The van der Waals surface area contributed by atoms with E-state index < -0.39 is 7.32 Å². The van der Waals surface area contributed by atoms with Crippen LogP contribution < -0.4 is 0 Å². The van der Waals surface area contributed by atoms with E-state index in [1.807, 2.05) is 27.7 Å². The van der Waals surface area contributed by atoms with Gasteiger partial charge < -0.3 is 18.8 Å². The van der Waals surface area contributed by atoms with Crippen LogP contribution in [0.15, 0.2) is 0 Å². The summed E-state index contributed by atoms with van der Waals surface area (Å²) >= 11 is 0. The lowest BCUT2D eigenvalue weighted by atomic mass is 10.2. The van der Waals surface area contributed by atoms with Crippen molar-refractivity contribution in [1.82, 2.24) is 0 Å². The fourth-order valence-electron chi connectivity index (χ4n) is 0.904. The molecule has 0 aliphatic rings. The zero-order chi connectivity index (χ0) is 12.4. The zero-order valence-electron chi connectivity index (χ0n) is 10.6. The maximum Gasteiger partial charge on any atom is 0.667 e. The van der Waals surface area contributed by atoms with Gasteiger partial charge in [-0.25, -0.2) is 5.02 Å². The molecule has 0 amide bonds. The van der Waals surface area contributed by atoms with Crippen molar-refractivity contribution in [2.45, 2.75) is 39.9 Å². The molecule has 1 radical (unpaired) electrons. The number of ether oxygens (including phenoxy) is 2. The van der Waals surface area contributed by atoms with E-state index >= 15 is 0 Å². The molecule has 16 heavy (non-hydrogen) atoms. The minimum Gasteiger partial charge on any atom is -0.382 e. The molecule has 0 fully saturated rings. The fraction of sp³-hybridized carbons (Fsp3) is 1.00. The lowest BCUT2D eigenvalue weighted by Crippen LogP contribution is -2.26. The monoisotopic (exact) mass is 233 g/mol. The summed E-state index contributed by atoms with van der Waals surface area (Å²) < 4.78 is 20.1. The Labute approximate surface area is 98.2 Å². The molecule has 0 aliphatic carbocycles. The van der Waals surface area contributed by atoms with Crippen molar-refractivity contribution in [3.8, 4) is 0 Å². The van der Waals surface area contributed by atoms with Crippen LogP contribution in [-0.2, 0) is 23.8 Å². The van der Waals surface area contributed by atoms with Crippen molar-refractivity contribution < 1.29 is 23.8 Å². The molecule has 0 aromatic carbocycles. The summed E-state index contributed by atoms with van der Waals surface area (Å²) in [4.78, 5) is 0. The summed E-state index contributed by atoms with van der Waals surface area (Å²) in [5.41, 5.74) is 0. The molecule has 0 aliphatic heterocycles. The Bertz CT molecular complexity index is 138. The number of hydrogen-bond acceptors (Lipinski definition) is 4. The fourth-order valence-corrected chi connectivity index (χ4v) is 0.904. The van der Waals surface area contributed by atoms with E-state index in [9.17, 15) is 5.02 Å². The maximum absolute atomic E-state index is 11.1. The van der Waals surface area contributed by atoms with Gasteiger partial charge in [-0.05, 0) is 27.7 Å². The van der Waals surface area contributed by atoms with Crippen LogP contribution in [0.1, 0.15) is 27.7 Å². The van der Waals surface area contributed by atoms with E-state index in [4.69, 9.17) is 18.8 Å². The summed E-state index contributed by atoms with van der Waals surface area (Å²) in [6.07, 6.45) is 0.295. The van der Waals surface area contributed by atoms with Crippen LogP contribution in [-0.4, -0.2) is 46.0 Å². The van der Waals surface area contributed by atoms with Crippen LogP contribution in [0.2, 0.25) is 0 Å². The smallest absolute Gasteiger partial charge is 0.382 e. The standard InChI is InChI=1S/C10H22BO5/c1-9(2)13-5-7-15-11(12)16-8-6-14-10(3)4/h9-10H,5-8H2,1-4H3. The Morgan fingerprint density at radius 2 is 1.19 bits per heavy atom. The molecule has 0 aromatic rings. The molecule has 0 rings (SSSR count). The molecule has 6 heteroatoms. The third-order valence-electron chi connectivity index (χ3n) is 1.58. The van der Waals surface area contributed by atoms with E-state index in [2.05, 4.69) is 0 Å². The molecule has 0 aromatic heterocycles. The first-order valence-corrected chi connectivity index (χ1v) is 5.64. The summed E-state index contributed by atoms with van der Waals surface area (Å²) in [6, 6.07) is 0. The van der Waals surface area contributed by atoms with E-state index in [0.29, 0.717) is 13.2 Å². The Hall–Kier alpha value is -0.135. The minimum atomic E-state index is -1.45. The van der Waals surface area contributed by atoms with E-state index in [0.717, 1.165) is 0 Å². The average Bonchev–Trinajstić information content (AvgIpc) is 2.19. The third kappa shape index (κ3) is 11.9. The van der Waals surface area contributed by atoms with Crippen molar-refractivity contribution in [3.05, 3.63) is 0 Å². The van der Waals surface area contributed by atoms with Crippen molar-refractivity contribution in [2.75, 3.05) is 26.4 Å². The van der Waals surface area contributed by atoms with Gasteiger partial charge in [0.15, 0.2) is 0 Å². The topological polar surface area (TPSA) is 56.8 Å².